The molecular weight excluding hydrogens is 462 g/mol. The zero-order valence-corrected chi connectivity index (χ0v) is 22.5. The second-order valence-corrected chi connectivity index (χ2v) is 10.4. The first-order valence-corrected chi connectivity index (χ1v) is 14.2. The first-order chi connectivity index (χ1) is 18.1. The Bertz CT molecular complexity index is 1000. The van der Waals surface area contributed by atoms with Crippen LogP contribution in [0.1, 0.15) is 80.6 Å². The highest BCUT2D eigenvalue weighted by molar-refractivity contribution is 5.95. The van der Waals surface area contributed by atoms with Crippen molar-refractivity contribution < 1.29 is 14.3 Å². The van der Waals surface area contributed by atoms with Crippen LogP contribution in [0.2, 0.25) is 0 Å². The van der Waals surface area contributed by atoms with E-state index in [1.54, 1.807) is 6.92 Å². The third-order valence-corrected chi connectivity index (χ3v) is 7.60. The van der Waals surface area contributed by atoms with Crippen LogP contribution in [0.25, 0.3) is 0 Å². The van der Waals surface area contributed by atoms with Crippen LogP contribution < -0.4 is 9.64 Å². The number of para-hydroxylation sites is 1. The van der Waals surface area contributed by atoms with E-state index in [4.69, 9.17) is 4.74 Å². The van der Waals surface area contributed by atoms with Gasteiger partial charge >= 0.3 is 0 Å². The number of nitrogens with zero attached hydrogens (tertiary/aromatic N) is 3. The number of benzene rings is 2. The van der Waals surface area contributed by atoms with Crippen LogP contribution in [-0.2, 0) is 11.3 Å². The average Bonchev–Trinajstić information content (AvgIpc) is 2.94. The van der Waals surface area contributed by atoms with Crippen LogP contribution in [0, 0.1) is 0 Å². The van der Waals surface area contributed by atoms with E-state index < -0.39 is 0 Å². The van der Waals surface area contributed by atoms with E-state index >= 15 is 0 Å². The van der Waals surface area contributed by atoms with Gasteiger partial charge in [-0.1, -0.05) is 50.3 Å². The third-order valence-electron chi connectivity index (χ3n) is 7.60. The van der Waals surface area contributed by atoms with Gasteiger partial charge in [-0.05, 0) is 74.7 Å². The highest BCUT2D eigenvalue weighted by atomic mass is 16.5. The molecule has 6 heteroatoms. The van der Waals surface area contributed by atoms with E-state index in [1.165, 1.54) is 45.2 Å². The number of likely N-dealkylation sites (tertiary alicyclic amines) is 1. The molecule has 2 amide bonds. The maximum atomic E-state index is 13.6. The van der Waals surface area contributed by atoms with Crippen molar-refractivity contribution in [3.63, 3.8) is 0 Å². The number of carbonyl (C=O) groups is 2. The molecule has 0 bridgehead atoms. The minimum absolute atomic E-state index is 0.0268. The smallest absolute Gasteiger partial charge is 0.254 e. The van der Waals surface area contributed by atoms with Gasteiger partial charge in [-0.2, -0.15) is 0 Å². The molecule has 2 heterocycles. The Morgan fingerprint density at radius 1 is 0.757 bits per heavy atom. The summed E-state index contributed by atoms with van der Waals surface area (Å²) in [6.45, 7) is 7.51. The standard InChI is InChI=1S/C31H43N3O3/c1-26(35)34-22-12-5-3-2-4-11-21-33(25-28-13-7-8-14-30(28)34)31(36)27-15-17-29(18-16-27)37-24-23-32-19-9-6-10-20-32/h7-8,13-18H,2-6,9-12,19-25H2,1H3. The number of hydrogen-bond donors (Lipinski definition) is 0. The summed E-state index contributed by atoms with van der Waals surface area (Å²) < 4.78 is 5.97. The predicted molar refractivity (Wildman–Crippen MR) is 149 cm³/mol. The lowest BCUT2D eigenvalue weighted by Gasteiger charge is -2.28. The number of ether oxygens (including phenoxy) is 1. The molecule has 2 aliphatic rings. The van der Waals surface area contributed by atoms with Crippen LogP contribution in [0.15, 0.2) is 48.5 Å². The molecule has 2 aliphatic heterocycles. The summed E-state index contributed by atoms with van der Waals surface area (Å²) >= 11 is 0. The molecular formula is C31H43N3O3. The summed E-state index contributed by atoms with van der Waals surface area (Å²) in [6, 6.07) is 15.6. The molecule has 4 rings (SSSR count). The normalized spacial score (nSPS) is 18.2. The minimum Gasteiger partial charge on any atom is -0.492 e. The summed E-state index contributed by atoms with van der Waals surface area (Å²) in [7, 11) is 0. The molecule has 2 aromatic rings. The van der Waals surface area contributed by atoms with Crippen molar-refractivity contribution in [3.05, 3.63) is 59.7 Å². The predicted octanol–water partition coefficient (Wildman–Crippen LogP) is 5.90. The maximum Gasteiger partial charge on any atom is 0.254 e. The molecule has 1 saturated heterocycles. The van der Waals surface area contributed by atoms with Crippen LogP contribution in [0.4, 0.5) is 5.69 Å². The maximum absolute atomic E-state index is 13.6. The number of carbonyl (C=O) groups excluding carboxylic acids is 2. The van der Waals surface area contributed by atoms with E-state index in [1.807, 2.05) is 58.3 Å². The van der Waals surface area contributed by atoms with Crippen molar-refractivity contribution in [2.45, 2.75) is 71.3 Å². The van der Waals surface area contributed by atoms with Gasteiger partial charge < -0.3 is 14.5 Å². The zero-order chi connectivity index (χ0) is 25.9. The Hall–Kier alpha value is -2.86. The zero-order valence-electron chi connectivity index (χ0n) is 22.5. The third kappa shape index (κ3) is 8.06. The molecule has 0 N–H and O–H groups in total. The van der Waals surface area contributed by atoms with Crippen molar-refractivity contribution in [1.82, 2.24) is 9.80 Å². The summed E-state index contributed by atoms with van der Waals surface area (Å²) in [5, 5.41) is 0. The fraction of sp³-hybridized carbons (Fsp3) is 0.548. The van der Waals surface area contributed by atoms with E-state index in [2.05, 4.69) is 4.90 Å². The highest BCUT2D eigenvalue weighted by Crippen LogP contribution is 2.25. The Morgan fingerprint density at radius 3 is 2.11 bits per heavy atom. The van der Waals surface area contributed by atoms with Crippen molar-refractivity contribution in [2.24, 2.45) is 0 Å². The Morgan fingerprint density at radius 2 is 1.38 bits per heavy atom. The summed E-state index contributed by atoms with van der Waals surface area (Å²) in [4.78, 5) is 32.4. The lowest BCUT2D eigenvalue weighted by atomic mass is 10.1. The Labute approximate surface area is 222 Å². The molecule has 0 radical (unpaired) electrons. The highest BCUT2D eigenvalue weighted by Gasteiger charge is 2.21. The second-order valence-electron chi connectivity index (χ2n) is 10.4. The van der Waals surface area contributed by atoms with E-state index in [9.17, 15) is 9.59 Å². The molecule has 2 aromatic carbocycles. The molecule has 37 heavy (non-hydrogen) atoms. The van der Waals surface area contributed by atoms with Gasteiger partial charge in [-0.25, -0.2) is 0 Å². The van der Waals surface area contributed by atoms with E-state index in [0.29, 0.717) is 25.3 Å². The van der Waals surface area contributed by atoms with Gasteiger partial charge in [0.25, 0.3) is 5.91 Å². The van der Waals surface area contributed by atoms with Crippen LogP contribution in [0.5, 0.6) is 5.75 Å². The Balaban J connectivity index is 1.44. The first kappa shape index (κ1) is 27.2. The van der Waals surface area contributed by atoms with Gasteiger partial charge in [0.1, 0.15) is 12.4 Å². The summed E-state index contributed by atoms with van der Waals surface area (Å²) in [5.41, 5.74) is 2.61. The number of anilines is 1. The number of rotatable bonds is 5. The van der Waals surface area contributed by atoms with Gasteiger partial charge in [0.15, 0.2) is 0 Å². The average molecular weight is 506 g/mol. The molecule has 0 aromatic heterocycles. The molecule has 1 fully saturated rings. The fourth-order valence-corrected chi connectivity index (χ4v) is 5.45. The topological polar surface area (TPSA) is 53.1 Å². The SMILES string of the molecule is CC(=O)N1CCCCCCCCN(C(=O)c2ccc(OCCN3CCCCC3)cc2)Cc2ccccc21. The first-order valence-electron chi connectivity index (χ1n) is 14.2. The monoisotopic (exact) mass is 505 g/mol. The summed E-state index contributed by atoms with van der Waals surface area (Å²) in [5.74, 6) is 0.885. The quantitative estimate of drug-likeness (QED) is 0.508. The van der Waals surface area contributed by atoms with Crippen molar-refractivity contribution in [3.8, 4) is 5.75 Å². The molecule has 200 valence electrons. The number of hydrogen-bond acceptors (Lipinski definition) is 4. The lowest BCUT2D eigenvalue weighted by molar-refractivity contribution is -0.116. The second kappa shape index (κ2) is 14.2. The summed E-state index contributed by atoms with van der Waals surface area (Å²) in [6.07, 6.45) is 10.5. The molecule has 0 unspecified atom stereocenters. The largest absolute Gasteiger partial charge is 0.492 e. The van der Waals surface area contributed by atoms with E-state index in [0.717, 1.165) is 55.8 Å². The van der Waals surface area contributed by atoms with Crippen molar-refractivity contribution in [1.29, 1.82) is 0 Å². The van der Waals surface area contributed by atoms with Crippen LogP contribution in [-0.4, -0.2) is 60.9 Å². The van der Waals surface area contributed by atoms with Gasteiger partial charge in [0, 0.05) is 44.4 Å². The van der Waals surface area contributed by atoms with Gasteiger partial charge in [0.2, 0.25) is 5.91 Å². The van der Waals surface area contributed by atoms with Crippen molar-refractivity contribution in [2.75, 3.05) is 44.2 Å². The molecule has 0 aliphatic carbocycles. The lowest BCUT2D eigenvalue weighted by Crippen LogP contribution is -2.34. The number of amides is 2. The van der Waals surface area contributed by atoms with Gasteiger partial charge in [0.05, 0.1) is 0 Å². The number of piperidine rings is 1. The molecule has 6 nitrogen and oxygen atoms in total. The number of fused-ring (bicyclic) bond motifs is 1. The van der Waals surface area contributed by atoms with Crippen molar-refractivity contribution >= 4 is 17.5 Å². The molecule has 0 spiro atoms. The Kier molecular flexibility index (Phi) is 10.4. The minimum atomic E-state index is 0.0268. The van der Waals surface area contributed by atoms with Crippen LogP contribution in [0.3, 0.4) is 0 Å². The molecule has 0 saturated carbocycles. The fourth-order valence-electron chi connectivity index (χ4n) is 5.45. The van der Waals surface area contributed by atoms with Crippen LogP contribution >= 0.6 is 0 Å². The van der Waals surface area contributed by atoms with Gasteiger partial charge in [-0.15, -0.1) is 0 Å². The molecule has 0 atom stereocenters. The van der Waals surface area contributed by atoms with Gasteiger partial charge in [-0.3, -0.25) is 14.5 Å². The van der Waals surface area contributed by atoms with E-state index in [-0.39, 0.29) is 11.8 Å².